The van der Waals surface area contributed by atoms with Crippen molar-refractivity contribution in [1.29, 1.82) is 0 Å². The SMILES string of the molecule is CCC1=C(C)C(=O)N/C1=C\Br. The average molecular weight is 216 g/mol. The van der Waals surface area contributed by atoms with Gasteiger partial charge in [-0.25, -0.2) is 0 Å². The van der Waals surface area contributed by atoms with E-state index < -0.39 is 0 Å². The van der Waals surface area contributed by atoms with Gasteiger partial charge in [-0.1, -0.05) is 22.9 Å². The molecular formula is C8H10BrNO. The zero-order valence-electron chi connectivity index (χ0n) is 6.57. The molecule has 0 saturated heterocycles. The van der Waals surface area contributed by atoms with Crippen molar-refractivity contribution in [3.63, 3.8) is 0 Å². The van der Waals surface area contributed by atoms with Gasteiger partial charge < -0.3 is 5.32 Å². The summed E-state index contributed by atoms with van der Waals surface area (Å²) in [7, 11) is 0. The van der Waals surface area contributed by atoms with E-state index in [9.17, 15) is 4.79 Å². The molecule has 0 fully saturated rings. The molecule has 0 aromatic heterocycles. The van der Waals surface area contributed by atoms with Gasteiger partial charge in [0, 0.05) is 10.6 Å². The van der Waals surface area contributed by atoms with E-state index in [-0.39, 0.29) is 5.91 Å². The highest BCUT2D eigenvalue weighted by atomic mass is 79.9. The smallest absolute Gasteiger partial charge is 0.251 e. The van der Waals surface area contributed by atoms with Crippen LogP contribution >= 0.6 is 15.9 Å². The number of hydrogen-bond donors (Lipinski definition) is 1. The van der Waals surface area contributed by atoms with Crippen molar-refractivity contribution in [3.8, 4) is 0 Å². The molecule has 1 aliphatic heterocycles. The Bertz CT molecular complexity index is 253. The van der Waals surface area contributed by atoms with Crippen LogP contribution in [0.2, 0.25) is 0 Å². The summed E-state index contributed by atoms with van der Waals surface area (Å²) in [5.74, 6) is 0.0209. The van der Waals surface area contributed by atoms with Crippen LogP contribution in [0.15, 0.2) is 21.8 Å². The Hall–Kier alpha value is -0.570. The molecule has 0 bridgehead atoms. The predicted molar refractivity (Wildman–Crippen MR) is 48.1 cm³/mol. The van der Waals surface area contributed by atoms with Crippen LogP contribution in [-0.4, -0.2) is 5.91 Å². The first-order valence-corrected chi connectivity index (χ1v) is 4.44. The Morgan fingerprint density at radius 1 is 1.64 bits per heavy atom. The van der Waals surface area contributed by atoms with E-state index in [2.05, 4.69) is 21.2 Å². The molecule has 0 unspecified atom stereocenters. The normalized spacial score (nSPS) is 21.4. The van der Waals surface area contributed by atoms with E-state index in [0.717, 1.165) is 23.3 Å². The van der Waals surface area contributed by atoms with Crippen LogP contribution in [0.1, 0.15) is 20.3 Å². The van der Waals surface area contributed by atoms with Crippen molar-refractivity contribution in [2.45, 2.75) is 20.3 Å². The molecule has 0 atom stereocenters. The molecule has 1 amide bonds. The van der Waals surface area contributed by atoms with Crippen LogP contribution < -0.4 is 5.32 Å². The molecule has 1 aliphatic rings. The first-order valence-electron chi connectivity index (χ1n) is 3.52. The number of halogens is 1. The van der Waals surface area contributed by atoms with Crippen molar-refractivity contribution in [2.24, 2.45) is 0 Å². The maximum Gasteiger partial charge on any atom is 0.251 e. The fourth-order valence-electron chi connectivity index (χ4n) is 1.18. The second-order valence-corrected chi connectivity index (χ2v) is 2.89. The number of nitrogens with one attached hydrogen (secondary N) is 1. The van der Waals surface area contributed by atoms with Crippen LogP contribution in [0.5, 0.6) is 0 Å². The third-order valence-electron chi connectivity index (χ3n) is 1.83. The predicted octanol–water partition coefficient (Wildman–Crippen LogP) is 2.08. The summed E-state index contributed by atoms with van der Waals surface area (Å²) in [6.07, 6.45) is 0.891. The molecule has 0 aromatic rings. The lowest BCUT2D eigenvalue weighted by Crippen LogP contribution is -2.14. The third kappa shape index (κ3) is 1.38. The number of allylic oxidation sites excluding steroid dienone is 1. The summed E-state index contributed by atoms with van der Waals surface area (Å²) in [5.41, 5.74) is 2.83. The lowest BCUT2D eigenvalue weighted by atomic mass is 10.1. The summed E-state index contributed by atoms with van der Waals surface area (Å²) >= 11 is 3.20. The Labute approximate surface area is 74.5 Å². The highest BCUT2D eigenvalue weighted by molar-refractivity contribution is 9.11. The van der Waals surface area contributed by atoms with Gasteiger partial charge in [0.25, 0.3) is 5.91 Å². The van der Waals surface area contributed by atoms with Gasteiger partial charge in [-0.15, -0.1) is 0 Å². The summed E-state index contributed by atoms with van der Waals surface area (Å²) in [5, 5.41) is 2.76. The molecule has 1 rings (SSSR count). The van der Waals surface area contributed by atoms with Crippen LogP contribution in [0.4, 0.5) is 0 Å². The molecule has 0 aliphatic carbocycles. The van der Waals surface area contributed by atoms with E-state index >= 15 is 0 Å². The standard InChI is InChI=1S/C8H10BrNO/c1-3-6-5(2)8(11)10-7(6)4-9/h4H,3H2,1-2H3,(H,10,11)/b7-4-. The summed E-state index contributed by atoms with van der Waals surface area (Å²) in [6, 6.07) is 0. The maximum atomic E-state index is 11.1. The van der Waals surface area contributed by atoms with Gasteiger partial charge in [-0.2, -0.15) is 0 Å². The first-order chi connectivity index (χ1) is 5.20. The number of amides is 1. The van der Waals surface area contributed by atoms with Crippen molar-refractivity contribution < 1.29 is 4.79 Å². The zero-order valence-corrected chi connectivity index (χ0v) is 8.16. The maximum absolute atomic E-state index is 11.1. The topological polar surface area (TPSA) is 29.1 Å². The lowest BCUT2D eigenvalue weighted by molar-refractivity contribution is -0.116. The van der Waals surface area contributed by atoms with E-state index in [1.54, 1.807) is 4.99 Å². The Kier molecular flexibility index (Phi) is 2.49. The first kappa shape index (κ1) is 8.53. The highest BCUT2D eigenvalue weighted by Gasteiger charge is 2.21. The average Bonchev–Trinajstić information content (AvgIpc) is 2.28. The molecule has 0 spiro atoms. The molecule has 0 radical (unpaired) electrons. The van der Waals surface area contributed by atoms with Crippen molar-refractivity contribution in [1.82, 2.24) is 5.32 Å². The second kappa shape index (κ2) is 3.22. The molecule has 3 heteroatoms. The fraction of sp³-hybridized carbons (Fsp3) is 0.375. The quantitative estimate of drug-likeness (QED) is 0.714. The molecular weight excluding hydrogens is 206 g/mol. The molecule has 0 aromatic carbocycles. The summed E-state index contributed by atoms with van der Waals surface area (Å²) in [6.45, 7) is 3.88. The number of carbonyl (C=O) groups is 1. The van der Waals surface area contributed by atoms with Crippen molar-refractivity contribution in [2.75, 3.05) is 0 Å². The Morgan fingerprint density at radius 3 is 2.64 bits per heavy atom. The van der Waals surface area contributed by atoms with Gasteiger partial charge >= 0.3 is 0 Å². The van der Waals surface area contributed by atoms with Crippen LogP contribution in [0.3, 0.4) is 0 Å². The second-order valence-electron chi connectivity index (χ2n) is 2.43. The van der Waals surface area contributed by atoms with Crippen molar-refractivity contribution >= 4 is 21.8 Å². The zero-order chi connectivity index (χ0) is 8.43. The van der Waals surface area contributed by atoms with E-state index in [1.165, 1.54) is 0 Å². The number of hydrogen-bond acceptors (Lipinski definition) is 1. The summed E-state index contributed by atoms with van der Waals surface area (Å²) in [4.78, 5) is 12.8. The van der Waals surface area contributed by atoms with E-state index in [4.69, 9.17) is 0 Å². The van der Waals surface area contributed by atoms with Crippen molar-refractivity contribution in [3.05, 3.63) is 21.8 Å². The van der Waals surface area contributed by atoms with Gasteiger partial charge in [0.2, 0.25) is 0 Å². The molecule has 1 heterocycles. The molecule has 0 saturated carbocycles. The minimum Gasteiger partial charge on any atom is -0.322 e. The Balaban J connectivity index is 3.05. The number of rotatable bonds is 1. The molecule has 2 nitrogen and oxygen atoms in total. The molecule has 60 valence electrons. The monoisotopic (exact) mass is 215 g/mol. The number of carbonyl (C=O) groups excluding carboxylic acids is 1. The largest absolute Gasteiger partial charge is 0.322 e. The highest BCUT2D eigenvalue weighted by Crippen LogP contribution is 2.23. The third-order valence-corrected chi connectivity index (χ3v) is 2.29. The van der Waals surface area contributed by atoms with E-state index in [1.807, 2.05) is 13.8 Å². The minimum atomic E-state index is 0.0209. The van der Waals surface area contributed by atoms with Gasteiger partial charge in [0.1, 0.15) is 0 Å². The fourth-order valence-corrected chi connectivity index (χ4v) is 1.57. The van der Waals surface area contributed by atoms with Crippen LogP contribution in [0, 0.1) is 0 Å². The summed E-state index contributed by atoms with van der Waals surface area (Å²) < 4.78 is 0. The molecule has 11 heavy (non-hydrogen) atoms. The minimum absolute atomic E-state index is 0.0209. The lowest BCUT2D eigenvalue weighted by Gasteiger charge is -1.98. The molecule has 1 N–H and O–H groups in total. The Morgan fingerprint density at radius 2 is 2.27 bits per heavy atom. The van der Waals surface area contributed by atoms with E-state index in [0.29, 0.717) is 0 Å². The van der Waals surface area contributed by atoms with Gasteiger partial charge in [-0.3, -0.25) is 4.79 Å². The van der Waals surface area contributed by atoms with Crippen LogP contribution in [0.25, 0.3) is 0 Å². The van der Waals surface area contributed by atoms with Crippen LogP contribution in [-0.2, 0) is 4.79 Å². The van der Waals surface area contributed by atoms with Gasteiger partial charge in [0.15, 0.2) is 0 Å². The van der Waals surface area contributed by atoms with Gasteiger partial charge in [-0.05, 0) is 18.9 Å². The van der Waals surface area contributed by atoms with Gasteiger partial charge in [0.05, 0.1) is 5.70 Å².